The predicted octanol–water partition coefficient (Wildman–Crippen LogP) is 2.74. The second-order valence-electron chi connectivity index (χ2n) is 4.29. The maximum atomic E-state index is 11.8. The third-order valence-corrected chi connectivity index (χ3v) is 3.90. The van der Waals surface area contributed by atoms with Gasteiger partial charge in [0.15, 0.2) is 0 Å². The van der Waals surface area contributed by atoms with E-state index < -0.39 is 5.97 Å². The second-order valence-corrected chi connectivity index (χ2v) is 5.37. The van der Waals surface area contributed by atoms with Crippen LogP contribution in [0.3, 0.4) is 0 Å². The molecule has 1 amide bonds. The van der Waals surface area contributed by atoms with Crippen molar-refractivity contribution in [3.8, 4) is 0 Å². The highest BCUT2D eigenvalue weighted by Crippen LogP contribution is 2.20. The Morgan fingerprint density at radius 3 is 2.56 bits per heavy atom. The van der Waals surface area contributed by atoms with Crippen LogP contribution in [0.1, 0.15) is 46.5 Å². The van der Waals surface area contributed by atoms with Crippen molar-refractivity contribution >= 4 is 23.2 Å². The van der Waals surface area contributed by atoms with Gasteiger partial charge in [-0.2, -0.15) is 0 Å². The van der Waals surface area contributed by atoms with Crippen LogP contribution in [0.25, 0.3) is 0 Å². The van der Waals surface area contributed by atoms with Crippen molar-refractivity contribution in [2.45, 2.75) is 39.5 Å². The number of carboxylic acid groups (broad SMARTS) is 1. The van der Waals surface area contributed by atoms with Crippen LogP contribution >= 0.6 is 11.3 Å². The molecular formula is C13H19NO3S. The molecule has 1 heterocycles. The van der Waals surface area contributed by atoms with E-state index in [1.807, 2.05) is 19.2 Å². The highest BCUT2D eigenvalue weighted by atomic mass is 32.1. The number of nitrogens with one attached hydrogen (secondary N) is 1. The number of carboxylic acids is 1. The average molecular weight is 269 g/mol. The zero-order chi connectivity index (χ0) is 13.5. The van der Waals surface area contributed by atoms with Gasteiger partial charge in [0.1, 0.15) is 0 Å². The van der Waals surface area contributed by atoms with E-state index in [1.165, 1.54) is 4.88 Å². The number of hydrogen-bond donors (Lipinski definition) is 2. The highest BCUT2D eigenvalue weighted by molar-refractivity contribution is 7.10. The Morgan fingerprint density at radius 1 is 1.28 bits per heavy atom. The van der Waals surface area contributed by atoms with Crippen LogP contribution in [0.15, 0.2) is 5.38 Å². The molecule has 0 fully saturated rings. The molecule has 1 aromatic rings. The van der Waals surface area contributed by atoms with Gasteiger partial charge in [0.05, 0.1) is 5.56 Å². The molecule has 0 aliphatic heterocycles. The van der Waals surface area contributed by atoms with Gasteiger partial charge in [-0.05, 0) is 32.3 Å². The lowest BCUT2D eigenvalue weighted by molar-refractivity contribution is -0.137. The molecule has 0 saturated carbocycles. The number of rotatable bonds is 7. The van der Waals surface area contributed by atoms with Crippen molar-refractivity contribution in [3.63, 3.8) is 0 Å². The number of aryl methyl sites for hydroxylation is 1. The molecule has 2 N–H and O–H groups in total. The van der Waals surface area contributed by atoms with Gasteiger partial charge in [-0.25, -0.2) is 0 Å². The Kier molecular flexibility index (Phi) is 5.85. The summed E-state index contributed by atoms with van der Waals surface area (Å²) in [5, 5.41) is 13.2. The van der Waals surface area contributed by atoms with Crippen molar-refractivity contribution in [1.29, 1.82) is 0 Å². The van der Waals surface area contributed by atoms with E-state index >= 15 is 0 Å². The van der Waals surface area contributed by atoms with Crippen LogP contribution < -0.4 is 5.32 Å². The minimum atomic E-state index is -0.761. The molecule has 1 rings (SSSR count). The van der Waals surface area contributed by atoms with E-state index in [0.717, 1.165) is 24.0 Å². The van der Waals surface area contributed by atoms with Gasteiger partial charge < -0.3 is 10.4 Å². The number of amides is 1. The zero-order valence-electron chi connectivity index (χ0n) is 10.8. The number of thiophene rings is 1. The normalized spacial score (nSPS) is 10.3. The van der Waals surface area contributed by atoms with E-state index in [1.54, 1.807) is 11.3 Å². The Balaban J connectivity index is 2.22. The summed E-state index contributed by atoms with van der Waals surface area (Å²) in [7, 11) is 0. The second kappa shape index (κ2) is 7.16. The summed E-state index contributed by atoms with van der Waals surface area (Å²) in [5.41, 5.74) is 1.80. The fourth-order valence-corrected chi connectivity index (χ4v) is 2.48. The Morgan fingerprint density at radius 2 is 2.00 bits per heavy atom. The van der Waals surface area contributed by atoms with E-state index in [0.29, 0.717) is 13.0 Å². The summed E-state index contributed by atoms with van der Waals surface area (Å²) in [6, 6.07) is 0. The zero-order valence-corrected chi connectivity index (χ0v) is 11.6. The topological polar surface area (TPSA) is 66.4 Å². The SMILES string of the molecule is Cc1scc(C(=O)NCCCCCC(=O)O)c1C. The van der Waals surface area contributed by atoms with Crippen LogP contribution in [0, 0.1) is 13.8 Å². The molecule has 0 saturated heterocycles. The van der Waals surface area contributed by atoms with Crippen molar-refractivity contribution in [1.82, 2.24) is 5.32 Å². The maximum Gasteiger partial charge on any atom is 0.303 e. The van der Waals surface area contributed by atoms with Gasteiger partial charge in [-0.15, -0.1) is 11.3 Å². The molecule has 0 aliphatic rings. The van der Waals surface area contributed by atoms with Crippen LogP contribution in [-0.2, 0) is 4.79 Å². The standard InChI is InChI=1S/C13H19NO3S/c1-9-10(2)18-8-11(9)13(17)14-7-5-3-4-6-12(15)16/h8H,3-7H2,1-2H3,(H,14,17)(H,15,16). The third kappa shape index (κ3) is 4.49. The molecule has 4 nitrogen and oxygen atoms in total. The summed E-state index contributed by atoms with van der Waals surface area (Å²) in [5.74, 6) is -0.793. The molecule has 100 valence electrons. The largest absolute Gasteiger partial charge is 0.481 e. The minimum absolute atomic E-state index is 0.0323. The van der Waals surface area contributed by atoms with Crippen LogP contribution in [0.2, 0.25) is 0 Å². The van der Waals surface area contributed by atoms with Gasteiger partial charge in [0.2, 0.25) is 0 Å². The molecule has 0 unspecified atom stereocenters. The van der Waals surface area contributed by atoms with Crippen LogP contribution in [-0.4, -0.2) is 23.5 Å². The summed E-state index contributed by atoms with van der Waals surface area (Å²) in [4.78, 5) is 23.3. The first kappa shape index (κ1) is 14.7. The lowest BCUT2D eigenvalue weighted by Crippen LogP contribution is -2.24. The first-order valence-electron chi connectivity index (χ1n) is 6.07. The van der Waals surface area contributed by atoms with E-state index in [2.05, 4.69) is 5.32 Å². The van der Waals surface area contributed by atoms with Gasteiger partial charge in [-0.1, -0.05) is 6.42 Å². The van der Waals surface area contributed by atoms with Crippen LogP contribution in [0.4, 0.5) is 0 Å². The fraction of sp³-hybridized carbons (Fsp3) is 0.538. The van der Waals surface area contributed by atoms with E-state index in [-0.39, 0.29) is 12.3 Å². The molecule has 0 bridgehead atoms. The number of unbranched alkanes of at least 4 members (excludes halogenated alkanes) is 2. The maximum absolute atomic E-state index is 11.8. The number of hydrogen-bond acceptors (Lipinski definition) is 3. The average Bonchev–Trinajstić information content (AvgIpc) is 2.64. The van der Waals surface area contributed by atoms with Crippen molar-refractivity contribution in [2.24, 2.45) is 0 Å². The lowest BCUT2D eigenvalue weighted by atomic mass is 10.1. The highest BCUT2D eigenvalue weighted by Gasteiger charge is 2.11. The summed E-state index contributed by atoms with van der Waals surface area (Å²) in [6.45, 7) is 4.56. The summed E-state index contributed by atoms with van der Waals surface area (Å²) in [6.07, 6.45) is 2.52. The molecule has 5 heteroatoms. The van der Waals surface area contributed by atoms with Crippen molar-refractivity contribution in [3.05, 3.63) is 21.4 Å². The Bertz CT molecular complexity index is 426. The van der Waals surface area contributed by atoms with Gasteiger partial charge >= 0.3 is 5.97 Å². The summed E-state index contributed by atoms with van der Waals surface area (Å²) >= 11 is 1.58. The molecule has 0 atom stereocenters. The van der Waals surface area contributed by atoms with Gasteiger partial charge in [0, 0.05) is 23.2 Å². The summed E-state index contributed by atoms with van der Waals surface area (Å²) < 4.78 is 0. The quantitative estimate of drug-likeness (QED) is 0.748. The first-order valence-corrected chi connectivity index (χ1v) is 6.95. The lowest BCUT2D eigenvalue weighted by Gasteiger charge is -2.04. The Hall–Kier alpha value is -1.36. The van der Waals surface area contributed by atoms with E-state index in [9.17, 15) is 9.59 Å². The van der Waals surface area contributed by atoms with Gasteiger partial charge in [0.25, 0.3) is 5.91 Å². The van der Waals surface area contributed by atoms with Gasteiger partial charge in [-0.3, -0.25) is 9.59 Å². The number of aliphatic carboxylic acids is 1. The number of carbonyl (C=O) groups excluding carboxylic acids is 1. The monoisotopic (exact) mass is 269 g/mol. The first-order chi connectivity index (χ1) is 8.52. The molecule has 0 radical (unpaired) electrons. The predicted molar refractivity (Wildman–Crippen MR) is 72.2 cm³/mol. The van der Waals surface area contributed by atoms with Crippen LogP contribution in [0.5, 0.6) is 0 Å². The van der Waals surface area contributed by atoms with Crippen molar-refractivity contribution in [2.75, 3.05) is 6.54 Å². The minimum Gasteiger partial charge on any atom is -0.481 e. The molecule has 1 aromatic heterocycles. The molecular weight excluding hydrogens is 250 g/mol. The molecule has 0 spiro atoms. The van der Waals surface area contributed by atoms with Crippen molar-refractivity contribution < 1.29 is 14.7 Å². The van der Waals surface area contributed by atoms with E-state index in [4.69, 9.17) is 5.11 Å². The molecule has 0 aliphatic carbocycles. The smallest absolute Gasteiger partial charge is 0.303 e. The third-order valence-electron chi connectivity index (χ3n) is 2.88. The fourth-order valence-electron chi connectivity index (χ4n) is 1.61. The molecule has 0 aromatic carbocycles. The molecule has 18 heavy (non-hydrogen) atoms. The number of carbonyl (C=O) groups is 2. The Labute approximate surface area is 111 Å².